The molecule has 1 aromatic carbocycles. The Bertz CT molecular complexity index is 1170. The molecule has 2 aromatic heterocycles. The molecular weight excluding hydrogens is 454 g/mol. The highest BCUT2D eigenvalue weighted by Crippen LogP contribution is 2.30. The van der Waals surface area contributed by atoms with E-state index in [1.807, 2.05) is 48.7 Å². The van der Waals surface area contributed by atoms with E-state index in [0.717, 1.165) is 21.8 Å². The number of ether oxygens (including phenoxy) is 1. The van der Waals surface area contributed by atoms with E-state index in [0.29, 0.717) is 24.5 Å². The molecule has 0 bridgehead atoms. The number of nitrogen functional groups attached to an aromatic ring is 1. The SMILES string of the molecule is COC(=O)C[C@H](C(=O)N1CCCC1C(=O)Nc1cn2cc(-c3ccc(N)cc3)sc2n1)C(C)C. The number of methoxy groups -OCH3 is 1. The molecule has 4 rings (SSSR count). The number of nitrogens with zero attached hydrogens (tertiary/aromatic N) is 3. The van der Waals surface area contributed by atoms with Crippen molar-refractivity contribution in [2.75, 3.05) is 24.7 Å². The van der Waals surface area contributed by atoms with Crippen LogP contribution in [0.15, 0.2) is 36.7 Å². The third-order valence-corrected chi connectivity index (χ3v) is 7.22. The summed E-state index contributed by atoms with van der Waals surface area (Å²) in [7, 11) is 1.31. The molecule has 3 N–H and O–H groups in total. The van der Waals surface area contributed by atoms with E-state index in [-0.39, 0.29) is 24.2 Å². The number of nitrogens with one attached hydrogen (secondary N) is 1. The zero-order chi connectivity index (χ0) is 24.4. The number of benzene rings is 1. The van der Waals surface area contributed by atoms with Crippen LogP contribution >= 0.6 is 11.3 Å². The standard InChI is InChI=1S/C24H29N5O4S/c1-14(2)17(11-21(30)33-3)23(32)29-10-4-5-18(29)22(31)26-20-13-28-12-19(34-24(28)27-20)15-6-8-16(25)9-7-15/h6-9,12-14,17-18H,4-5,10-11,25H2,1-3H3,(H,26,31)/t17-,18?/m0/s1. The van der Waals surface area contributed by atoms with Crippen molar-refractivity contribution in [1.29, 1.82) is 0 Å². The van der Waals surface area contributed by atoms with Gasteiger partial charge < -0.3 is 20.7 Å². The van der Waals surface area contributed by atoms with Crippen LogP contribution in [0.4, 0.5) is 11.5 Å². The van der Waals surface area contributed by atoms with Crippen molar-refractivity contribution in [2.24, 2.45) is 11.8 Å². The molecule has 0 saturated carbocycles. The van der Waals surface area contributed by atoms with E-state index < -0.39 is 17.9 Å². The van der Waals surface area contributed by atoms with Crippen molar-refractivity contribution in [2.45, 2.75) is 39.2 Å². The van der Waals surface area contributed by atoms with Gasteiger partial charge in [-0.15, -0.1) is 0 Å². The van der Waals surface area contributed by atoms with Gasteiger partial charge in [0.15, 0.2) is 10.8 Å². The summed E-state index contributed by atoms with van der Waals surface area (Å²) in [5.41, 5.74) is 7.52. The van der Waals surface area contributed by atoms with Crippen molar-refractivity contribution < 1.29 is 19.1 Å². The summed E-state index contributed by atoms with van der Waals surface area (Å²) in [6, 6.07) is 7.04. The molecule has 0 radical (unpaired) electrons. The smallest absolute Gasteiger partial charge is 0.306 e. The number of hydrogen-bond donors (Lipinski definition) is 2. The quantitative estimate of drug-likeness (QED) is 0.393. The first-order valence-electron chi connectivity index (χ1n) is 11.3. The number of fused-ring (bicyclic) bond motifs is 1. The summed E-state index contributed by atoms with van der Waals surface area (Å²) < 4.78 is 6.63. The Balaban J connectivity index is 1.45. The summed E-state index contributed by atoms with van der Waals surface area (Å²) in [5, 5.41) is 2.86. The summed E-state index contributed by atoms with van der Waals surface area (Å²) >= 11 is 1.51. The number of thiazole rings is 1. The van der Waals surface area contributed by atoms with E-state index in [2.05, 4.69) is 10.3 Å². The number of anilines is 2. The Morgan fingerprint density at radius 2 is 1.97 bits per heavy atom. The topological polar surface area (TPSA) is 119 Å². The number of hydrogen-bond acceptors (Lipinski definition) is 7. The second-order valence-electron chi connectivity index (χ2n) is 8.84. The van der Waals surface area contributed by atoms with Gasteiger partial charge in [0.25, 0.3) is 0 Å². The number of aromatic nitrogens is 2. The maximum Gasteiger partial charge on any atom is 0.306 e. The lowest BCUT2D eigenvalue weighted by Crippen LogP contribution is -2.47. The molecule has 1 unspecified atom stereocenters. The number of nitrogens with two attached hydrogens (primary N) is 1. The lowest BCUT2D eigenvalue weighted by molar-refractivity contribution is -0.149. The summed E-state index contributed by atoms with van der Waals surface area (Å²) in [6.07, 6.45) is 5.03. The van der Waals surface area contributed by atoms with Crippen LogP contribution in [0.5, 0.6) is 0 Å². The number of imidazole rings is 1. The fraction of sp³-hybridized carbons (Fsp3) is 0.417. The lowest BCUT2D eigenvalue weighted by Gasteiger charge is -2.29. The normalized spacial score (nSPS) is 16.7. The van der Waals surface area contributed by atoms with Crippen molar-refractivity contribution in [1.82, 2.24) is 14.3 Å². The molecule has 3 aromatic rings. The molecule has 1 saturated heterocycles. The Morgan fingerprint density at radius 3 is 2.62 bits per heavy atom. The molecule has 34 heavy (non-hydrogen) atoms. The maximum absolute atomic E-state index is 13.2. The third kappa shape index (κ3) is 4.91. The summed E-state index contributed by atoms with van der Waals surface area (Å²) in [4.78, 5) is 46.0. The highest BCUT2D eigenvalue weighted by molar-refractivity contribution is 7.20. The second kappa shape index (κ2) is 9.84. The van der Waals surface area contributed by atoms with Crippen LogP contribution in [0.25, 0.3) is 15.4 Å². The van der Waals surface area contributed by atoms with Gasteiger partial charge in [-0.05, 0) is 36.5 Å². The maximum atomic E-state index is 13.2. The van der Waals surface area contributed by atoms with Gasteiger partial charge in [-0.25, -0.2) is 4.98 Å². The highest BCUT2D eigenvalue weighted by Gasteiger charge is 2.39. The minimum absolute atomic E-state index is 0.00546. The Labute approximate surface area is 201 Å². The number of esters is 1. The Hall–Kier alpha value is -3.40. The predicted octanol–water partition coefficient (Wildman–Crippen LogP) is 3.41. The van der Waals surface area contributed by atoms with E-state index in [1.54, 1.807) is 11.1 Å². The molecule has 1 aliphatic rings. The van der Waals surface area contributed by atoms with Crippen LogP contribution in [0.3, 0.4) is 0 Å². The molecule has 2 amide bonds. The van der Waals surface area contributed by atoms with Crippen LogP contribution in [-0.4, -0.2) is 51.8 Å². The first-order chi connectivity index (χ1) is 16.3. The second-order valence-corrected chi connectivity index (χ2v) is 9.85. The van der Waals surface area contributed by atoms with Crippen LogP contribution in [0.2, 0.25) is 0 Å². The zero-order valence-electron chi connectivity index (χ0n) is 19.5. The van der Waals surface area contributed by atoms with Gasteiger partial charge in [-0.2, -0.15) is 0 Å². The van der Waals surface area contributed by atoms with Gasteiger partial charge >= 0.3 is 5.97 Å². The lowest BCUT2D eigenvalue weighted by atomic mass is 9.90. The first kappa shape index (κ1) is 23.7. The van der Waals surface area contributed by atoms with Crippen molar-refractivity contribution in [3.63, 3.8) is 0 Å². The molecule has 3 heterocycles. The fourth-order valence-corrected chi connectivity index (χ4v) is 5.21. The van der Waals surface area contributed by atoms with Crippen LogP contribution < -0.4 is 11.1 Å². The minimum Gasteiger partial charge on any atom is -0.469 e. The van der Waals surface area contributed by atoms with E-state index in [9.17, 15) is 14.4 Å². The largest absolute Gasteiger partial charge is 0.469 e. The van der Waals surface area contributed by atoms with Crippen molar-refractivity contribution in [3.8, 4) is 10.4 Å². The highest BCUT2D eigenvalue weighted by atomic mass is 32.1. The Morgan fingerprint density at radius 1 is 1.24 bits per heavy atom. The number of carbonyl (C=O) groups excluding carboxylic acids is 3. The van der Waals surface area contributed by atoms with Crippen molar-refractivity contribution >= 4 is 45.6 Å². The molecule has 2 atom stereocenters. The first-order valence-corrected chi connectivity index (χ1v) is 12.1. The molecule has 1 fully saturated rings. The molecule has 0 spiro atoms. The molecular formula is C24H29N5O4S. The molecule has 1 aliphatic heterocycles. The van der Waals surface area contributed by atoms with Gasteiger partial charge in [0.1, 0.15) is 6.04 Å². The van der Waals surface area contributed by atoms with Gasteiger partial charge in [0.2, 0.25) is 11.8 Å². The molecule has 180 valence electrons. The summed E-state index contributed by atoms with van der Waals surface area (Å²) in [6.45, 7) is 4.28. The number of rotatable bonds is 7. The van der Waals surface area contributed by atoms with Gasteiger partial charge in [-0.3, -0.25) is 18.8 Å². The molecule has 10 heteroatoms. The Kier molecular flexibility index (Phi) is 6.87. The van der Waals surface area contributed by atoms with Crippen LogP contribution in [0, 0.1) is 11.8 Å². The van der Waals surface area contributed by atoms with E-state index in [4.69, 9.17) is 10.5 Å². The average Bonchev–Trinajstić information content (AvgIpc) is 3.52. The van der Waals surface area contributed by atoms with Crippen LogP contribution in [-0.2, 0) is 19.1 Å². The zero-order valence-corrected chi connectivity index (χ0v) is 20.3. The van der Waals surface area contributed by atoms with Gasteiger partial charge in [0, 0.05) is 18.4 Å². The monoisotopic (exact) mass is 483 g/mol. The fourth-order valence-electron chi connectivity index (χ4n) is 4.23. The van der Waals surface area contributed by atoms with Crippen molar-refractivity contribution in [3.05, 3.63) is 36.7 Å². The summed E-state index contributed by atoms with van der Waals surface area (Å²) in [5.74, 6) is -1.01. The minimum atomic E-state index is -0.587. The van der Waals surface area contributed by atoms with E-state index in [1.165, 1.54) is 18.4 Å². The number of amides is 2. The van der Waals surface area contributed by atoms with E-state index >= 15 is 0 Å². The van der Waals surface area contributed by atoms with Crippen LogP contribution in [0.1, 0.15) is 33.1 Å². The van der Waals surface area contributed by atoms with Gasteiger partial charge in [0.05, 0.1) is 30.5 Å². The number of likely N-dealkylation sites (tertiary alicyclic amines) is 1. The average molecular weight is 484 g/mol. The number of carbonyl (C=O) groups is 3. The molecule has 0 aliphatic carbocycles. The predicted molar refractivity (Wildman–Crippen MR) is 131 cm³/mol. The molecule has 9 nitrogen and oxygen atoms in total. The third-order valence-electron chi connectivity index (χ3n) is 6.18. The van der Waals surface area contributed by atoms with Gasteiger partial charge in [-0.1, -0.05) is 37.3 Å².